The molecule has 0 saturated heterocycles. The van der Waals surface area contributed by atoms with Crippen LogP contribution < -0.4 is 5.32 Å². The lowest BCUT2D eigenvalue weighted by atomic mass is 10.2. The predicted molar refractivity (Wildman–Crippen MR) is 103 cm³/mol. The number of nitrogens with one attached hydrogen (secondary N) is 1. The molecule has 11 heteroatoms. The molecule has 0 atom stereocenters. The van der Waals surface area contributed by atoms with E-state index in [2.05, 4.69) is 31.4 Å². The maximum atomic E-state index is 12.2. The molecule has 2 aromatic heterocycles. The highest BCUT2D eigenvalue weighted by Gasteiger charge is 2.16. The number of anilines is 1. The lowest BCUT2D eigenvalue weighted by Crippen LogP contribution is -2.22. The third kappa shape index (κ3) is 4.68. The fourth-order valence-corrected chi connectivity index (χ4v) is 3.22. The van der Waals surface area contributed by atoms with E-state index in [1.807, 2.05) is 0 Å². The van der Waals surface area contributed by atoms with Crippen molar-refractivity contribution >= 4 is 56.8 Å². The lowest BCUT2D eigenvalue weighted by Gasteiger charge is -2.06. The Bertz CT molecular complexity index is 1020. The summed E-state index contributed by atoms with van der Waals surface area (Å²) in [4.78, 5) is 23.3. The van der Waals surface area contributed by atoms with Crippen LogP contribution in [0.2, 0.25) is 10.0 Å². The van der Waals surface area contributed by atoms with Gasteiger partial charge in [0.2, 0.25) is 5.91 Å². The quantitative estimate of drug-likeness (QED) is 0.571. The van der Waals surface area contributed by atoms with Crippen molar-refractivity contribution in [2.75, 3.05) is 5.32 Å². The van der Waals surface area contributed by atoms with Gasteiger partial charge in [-0.1, -0.05) is 29.3 Å². The van der Waals surface area contributed by atoms with Crippen molar-refractivity contribution in [2.45, 2.75) is 13.1 Å². The van der Waals surface area contributed by atoms with Gasteiger partial charge in [-0.15, -0.1) is 0 Å². The second kappa shape index (κ2) is 8.12. The monoisotopic (exact) mass is 471 g/mol. The molecule has 140 valence electrons. The van der Waals surface area contributed by atoms with Gasteiger partial charge in [0.05, 0.1) is 11.0 Å². The maximum absolute atomic E-state index is 12.2. The first-order chi connectivity index (χ1) is 12.8. The average Bonchev–Trinajstić information content (AvgIpc) is 3.17. The highest BCUT2D eigenvalue weighted by atomic mass is 79.9. The SMILES string of the molecule is O=C(Cn1nccc1C(=O)O)Nc1nn(Cc2ccc(Cl)cc2Cl)cc1Br. The molecule has 0 aliphatic carbocycles. The summed E-state index contributed by atoms with van der Waals surface area (Å²) in [6.45, 7) is 0.129. The second-order valence-corrected chi connectivity index (χ2v) is 7.18. The van der Waals surface area contributed by atoms with Gasteiger partial charge in [-0.2, -0.15) is 10.2 Å². The Labute approximate surface area is 171 Å². The molecule has 0 fully saturated rings. The van der Waals surface area contributed by atoms with E-state index in [0.717, 1.165) is 10.2 Å². The number of aromatic carboxylic acids is 1. The molecular formula is C16H12BrCl2N5O3. The highest BCUT2D eigenvalue weighted by molar-refractivity contribution is 9.10. The number of aromatic nitrogens is 4. The number of hydrogen-bond acceptors (Lipinski definition) is 4. The summed E-state index contributed by atoms with van der Waals surface area (Å²) >= 11 is 15.4. The summed E-state index contributed by atoms with van der Waals surface area (Å²) in [5.74, 6) is -1.32. The number of rotatable bonds is 6. The van der Waals surface area contributed by atoms with Gasteiger partial charge in [0.1, 0.15) is 12.2 Å². The van der Waals surface area contributed by atoms with Crippen LogP contribution >= 0.6 is 39.1 Å². The van der Waals surface area contributed by atoms with E-state index in [1.54, 1.807) is 29.1 Å². The summed E-state index contributed by atoms with van der Waals surface area (Å²) < 4.78 is 3.27. The minimum absolute atomic E-state index is 0.0767. The van der Waals surface area contributed by atoms with Crippen LogP contribution in [0.15, 0.2) is 41.1 Å². The summed E-state index contributed by atoms with van der Waals surface area (Å²) in [6.07, 6.45) is 3.01. The van der Waals surface area contributed by atoms with Gasteiger partial charge in [0, 0.05) is 22.4 Å². The first kappa shape index (κ1) is 19.4. The number of carboxylic acid groups (broad SMARTS) is 1. The number of amides is 1. The Morgan fingerprint density at radius 1 is 1.26 bits per heavy atom. The van der Waals surface area contributed by atoms with Gasteiger partial charge in [0.15, 0.2) is 5.82 Å². The van der Waals surface area contributed by atoms with Crippen LogP contribution in [0, 0.1) is 0 Å². The summed E-state index contributed by atoms with van der Waals surface area (Å²) in [5.41, 5.74) is 0.740. The van der Waals surface area contributed by atoms with Gasteiger partial charge in [-0.3, -0.25) is 9.48 Å². The molecule has 0 saturated carbocycles. The lowest BCUT2D eigenvalue weighted by molar-refractivity contribution is -0.116. The molecule has 8 nitrogen and oxygen atoms in total. The van der Waals surface area contributed by atoms with Crippen molar-refractivity contribution < 1.29 is 14.7 Å². The largest absolute Gasteiger partial charge is 0.477 e. The van der Waals surface area contributed by atoms with Crippen LogP contribution in [0.3, 0.4) is 0 Å². The molecular weight excluding hydrogens is 461 g/mol. The Hall–Kier alpha value is -2.36. The molecule has 0 aliphatic heterocycles. The van der Waals surface area contributed by atoms with Crippen LogP contribution in [0.4, 0.5) is 5.82 Å². The van der Waals surface area contributed by atoms with Crippen molar-refractivity contribution in [1.82, 2.24) is 19.6 Å². The second-order valence-electron chi connectivity index (χ2n) is 5.49. The number of nitrogens with zero attached hydrogens (tertiary/aromatic N) is 4. The van der Waals surface area contributed by atoms with Crippen molar-refractivity contribution in [1.29, 1.82) is 0 Å². The first-order valence-corrected chi connectivity index (χ1v) is 9.10. The number of carboxylic acids is 1. The topological polar surface area (TPSA) is 102 Å². The number of hydrogen-bond donors (Lipinski definition) is 2. The van der Waals surface area contributed by atoms with Crippen molar-refractivity contribution in [3.8, 4) is 0 Å². The summed E-state index contributed by atoms with van der Waals surface area (Å²) in [7, 11) is 0. The van der Waals surface area contributed by atoms with Gasteiger partial charge >= 0.3 is 5.97 Å². The molecule has 0 aliphatic rings. The van der Waals surface area contributed by atoms with E-state index < -0.39 is 11.9 Å². The average molecular weight is 473 g/mol. The van der Waals surface area contributed by atoms with E-state index in [9.17, 15) is 9.59 Å². The summed E-state index contributed by atoms with van der Waals surface area (Å²) in [5, 5.41) is 20.8. The fourth-order valence-electron chi connectivity index (χ4n) is 2.34. The molecule has 0 unspecified atom stereocenters. The molecule has 2 N–H and O–H groups in total. The van der Waals surface area contributed by atoms with E-state index in [0.29, 0.717) is 26.9 Å². The Morgan fingerprint density at radius 2 is 2.04 bits per heavy atom. The number of carbonyl (C=O) groups is 2. The van der Waals surface area contributed by atoms with Crippen LogP contribution in [0.25, 0.3) is 0 Å². The van der Waals surface area contributed by atoms with Gasteiger partial charge in [-0.25, -0.2) is 9.48 Å². The molecule has 1 amide bonds. The third-order valence-electron chi connectivity index (χ3n) is 3.55. The number of carbonyl (C=O) groups excluding carboxylic acids is 1. The van der Waals surface area contributed by atoms with E-state index >= 15 is 0 Å². The third-order valence-corrected chi connectivity index (χ3v) is 4.72. The maximum Gasteiger partial charge on any atom is 0.354 e. The van der Waals surface area contributed by atoms with E-state index in [4.69, 9.17) is 28.3 Å². The standard InChI is InChI=1S/C16H12BrCl2N5O3/c17-11-7-23(6-9-1-2-10(18)5-12(9)19)22-15(11)21-14(25)8-24-13(16(26)27)3-4-20-24/h1-5,7H,6,8H2,(H,26,27)(H,21,22,25). The van der Waals surface area contributed by atoms with Crippen LogP contribution in [-0.2, 0) is 17.9 Å². The highest BCUT2D eigenvalue weighted by Crippen LogP contribution is 2.24. The Balaban J connectivity index is 1.70. The zero-order chi connectivity index (χ0) is 19.6. The molecule has 2 heterocycles. The van der Waals surface area contributed by atoms with Gasteiger partial charge in [-0.05, 0) is 39.7 Å². The Morgan fingerprint density at radius 3 is 2.74 bits per heavy atom. The molecule has 3 aromatic rings. The Kier molecular flexibility index (Phi) is 5.83. The zero-order valence-electron chi connectivity index (χ0n) is 13.6. The van der Waals surface area contributed by atoms with Gasteiger partial charge < -0.3 is 10.4 Å². The van der Waals surface area contributed by atoms with E-state index in [1.165, 1.54) is 12.3 Å². The molecule has 1 aromatic carbocycles. The van der Waals surface area contributed by atoms with Crippen LogP contribution in [0.1, 0.15) is 16.1 Å². The van der Waals surface area contributed by atoms with Crippen molar-refractivity contribution in [2.24, 2.45) is 0 Å². The molecule has 3 rings (SSSR count). The van der Waals surface area contributed by atoms with E-state index in [-0.39, 0.29) is 12.2 Å². The molecule has 0 bridgehead atoms. The van der Waals surface area contributed by atoms with Gasteiger partial charge in [0.25, 0.3) is 0 Å². The molecule has 0 spiro atoms. The zero-order valence-corrected chi connectivity index (χ0v) is 16.7. The smallest absolute Gasteiger partial charge is 0.354 e. The minimum atomic E-state index is -1.16. The minimum Gasteiger partial charge on any atom is -0.477 e. The van der Waals surface area contributed by atoms with Crippen LogP contribution in [0.5, 0.6) is 0 Å². The summed E-state index contributed by atoms with van der Waals surface area (Å²) in [6, 6.07) is 6.48. The van der Waals surface area contributed by atoms with Crippen molar-refractivity contribution in [3.63, 3.8) is 0 Å². The fraction of sp³-hybridized carbons (Fsp3) is 0.125. The molecule has 0 radical (unpaired) electrons. The predicted octanol–water partition coefficient (Wildman–Crippen LogP) is 3.53. The van der Waals surface area contributed by atoms with Crippen LogP contribution in [-0.4, -0.2) is 36.5 Å². The van der Waals surface area contributed by atoms with Crippen molar-refractivity contribution in [3.05, 3.63) is 62.4 Å². The number of benzene rings is 1. The normalized spacial score (nSPS) is 10.8. The first-order valence-electron chi connectivity index (χ1n) is 7.55. The number of halogens is 3. The molecule has 27 heavy (non-hydrogen) atoms.